The van der Waals surface area contributed by atoms with Crippen molar-refractivity contribution in [1.82, 2.24) is 0 Å². The van der Waals surface area contributed by atoms with Crippen LogP contribution in [0.2, 0.25) is 0 Å². The molecule has 0 radical (unpaired) electrons. The third kappa shape index (κ3) is 3.42. The van der Waals surface area contributed by atoms with Crippen molar-refractivity contribution in [2.45, 2.75) is 44.3 Å². The fraction of sp³-hybridized carbons (Fsp3) is 0.538. The summed E-state index contributed by atoms with van der Waals surface area (Å²) in [6.07, 6.45) is -0.472. The molecule has 2 atom stereocenters. The molecule has 0 heterocycles. The minimum Gasteiger partial charge on any atom is -0.508 e. The van der Waals surface area contributed by atoms with E-state index < -0.39 is 6.10 Å². The molecule has 0 amide bonds. The van der Waals surface area contributed by atoms with E-state index in [1.807, 2.05) is 19.1 Å². The molecule has 0 aliphatic heterocycles. The second-order valence-electron chi connectivity index (χ2n) is 4.41. The second kappa shape index (κ2) is 5.60. The molecule has 2 N–H and O–H groups in total. The first-order chi connectivity index (χ1) is 7.41. The van der Waals surface area contributed by atoms with Crippen molar-refractivity contribution >= 4 is 11.8 Å². The Morgan fingerprint density at radius 1 is 1.19 bits per heavy atom. The van der Waals surface area contributed by atoms with E-state index in [-0.39, 0.29) is 11.0 Å². The van der Waals surface area contributed by atoms with Gasteiger partial charge < -0.3 is 10.2 Å². The van der Waals surface area contributed by atoms with Crippen LogP contribution in [0.4, 0.5) is 0 Å². The van der Waals surface area contributed by atoms with Gasteiger partial charge in [0.2, 0.25) is 0 Å². The first-order valence-electron chi connectivity index (χ1n) is 5.55. The second-order valence-corrected chi connectivity index (χ2v) is 6.13. The largest absolute Gasteiger partial charge is 0.508 e. The van der Waals surface area contributed by atoms with Crippen molar-refractivity contribution in [3.05, 3.63) is 29.3 Å². The van der Waals surface area contributed by atoms with Crippen LogP contribution in [-0.2, 0) is 0 Å². The number of aromatic hydroxyl groups is 1. The lowest BCUT2D eigenvalue weighted by Crippen LogP contribution is -2.14. The van der Waals surface area contributed by atoms with Crippen molar-refractivity contribution < 1.29 is 10.2 Å². The lowest BCUT2D eigenvalue weighted by Gasteiger charge is -2.23. The third-order valence-corrected chi connectivity index (χ3v) is 3.83. The molecular weight excluding hydrogens is 220 g/mol. The number of hydrogen-bond acceptors (Lipinski definition) is 3. The van der Waals surface area contributed by atoms with Gasteiger partial charge in [0, 0.05) is 5.56 Å². The van der Waals surface area contributed by atoms with E-state index in [4.69, 9.17) is 0 Å². The Balaban J connectivity index is 3.05. The highest BCUT2D eigenvalue weighted by molar-refractivity contribution is 8.00. The molecule has 1 aromatic rings. The summed E-state index contributed by atoms with van der Waals surface area (Å²) < 4.78 is 0. The minimum absolute atomic E-state index is 0.0695. The SMILES string of the molecule is Cc1ccc(O)c(C(SC(C)C)C(C)O)c1. The summed E-state index contributed by atoms with van der Waals surface area (Å²) in [5.41, 5.74) is 1.93. The summed E-state index contributed by atoms with van der Waals surface area (Å²) in [6, 6.07) is 5.51. The zero-order chi connectivity index (χ0) is 12.3. The van der Waals surface area contributed by atoms with Crippen LogP contribution in [0.5, 0.6) is 5.75 Å². The van der Waals surface area contributed by atoms with E-state index in [1.165, 1.54) is 0 Å². The summed E-state index contributed by atoms with van der Waals surface area (Å²) in [4.78, 5) is 0. The maximum Gasteiger partial charge on any atom is 0.120 e. The number of rotatable bonds is 4. The molecule has 90 valence electrons. The molecule has 0 bridgehead atoms. The van der Waals surface area contributed by atoms with E-state index in [0.29, 0.717) is 5.25 Å². The van der Waals surface area contributed by atoms with Gasteiger partial charge in [0.15, 0.2) is 0 Å². The van der Waals surface area contributed by atoms with Gasteiger partial charge in [0.25, 0.3) is 0 Å². The van der Waals surface area contributed by atoms with Crippen molar-refractivity contribution in [3.8, 4) is 5.75 Å². The van der Waals surface area contributed by atoms with Crippen molar-refractivity contribution in [3.63, 3.8) is 0 Å². The van der Waals surface area contributed by atoms with Crippen molar-refractivity contribution in [2.24, 2.45) is 0 Å². The molecule has 2 nitrogen and oxygen atoms in total. The van der Waals surface area contributed by atoms with E-state index in [9.17, 15) is 10.2 Å². The van der Waals surface area contributed by atoms with Gasteiger partial charge in [-0.3, -0.25) is 0 Å². The average Bonchev–Trinajstić information content (AvgIpc) is 2.18. The number of aliphatic hydroxyl groups excluding tert-OH is 1. The zero-order valence-corrected chi connectivity index (χ0v) is 11.1. The van der Waals surface area contributed by atoms with Crippen LogP contribution in [0.3, 0.4) is 0 Å². The molecule has 0 aliphatic carbocycles. The zero-order valence-electron chi connectivity index (χ0n) is 10.3. The number of aliphatic hydroxyl groups is 1. The lowest BCUT2D eigenvalue weighted by molar-refractivity contribution is 0.190. The summed E-state index contributed by atoms with van der Waals surface area (Å²) in [6.45, 7) is 7.93. The van der Waals surface area contributed by atoms with Gasteiger partial charge in [-0.1, -0.05) is 31.5 Å². The molecule has 1 rings (SSSR count). The van der Waals surface area contributed by atoms with Crippen LogP contribution in [0.15, 0.2) is 18.2 Å². The van der Waals surface area contributed by atoms with Gasteiger partial charge in [0.05, 0.1) is 11.4 Å². The fourth-order valence-corrected chi connectivity index (χ4v) is 2.79. The van der Waals surface area contributed by atoms with Crippen LogP contribution in [0.25, 0.3) is 0 Å². The van der Waals surface area contributed by atoms with Crippen LogP contribution in [-0.4, -0.2) is 21.6 Å². The highest BCUT2D eigenvalue weighted by Crippen LogP contribution is 2.39. The smallest absolute Gasteiger partial charge is 0.120 e. The van der Waals surface area contributed by atoms with E-state index in [1.54, 1.807) is 24.8 Å². The predicted molar refractivity (Wildman–Crippen MR) is 70.0 cm³/mol. The highest BCUT2D eigenvalue weighted by atomic mass is 32.2. The Labute approximate surface area is 102 Å². The maximum absolute atomic E-state index is 9.84. The van der Waals surface area contributed by atoms with Crippen LogP contribution < -0.4 is 0 Å². The van der Waals surface area contributed by atoms with E-state index in [2.05, 4.69) is 13.8 Å². The molecule has 16 heavy (non-hydrogen) atoms. The molecular formula is C13H20O2S. The molecule has 0 fully saturated rings. The summed E-state index contributed by atoms with van der Waals surface area (Å²) in [5.74, 6) is 0.268. The minimum atomic E-state index is -0.472. The number of aryl methyl sites for hydroxylation is 1. The number of benzene rings is 1. The molecule has 0 spiro atoms. The quantitative estimate of drug-likeness (QED) is 0.848. The summed E-state index contributed by atoms with van der Waals surface area (Å²) in [7, 11) is 0. The number of phenols is 1. The Morgan fingerprint density at radius 2 is 1.81 bits per heavy atom. The monoisotopic (exact) mass is 240 g/mol. The van der Waals surface area contributed by atoms with Gasteiger partial charge in [-0.2, -0.15) is 0 Å². The van der Waals surface area contributed by atoms with Crippen LogP contribution >= 0.6 is 11.8 Å². The number of hydrogen-bond donors (Lipinski definition) is 2. The van der Waals surface area contributed by atoms with Crippen LogP contribution in [0.1, 0.15) is 37.1 Å². The normalized spacial score (nSPS) is 15.1. The van der Waals surface area contributed by atoms with Gasteiger partial charge in [0.1, 0.15) is 5.75 Å². The standard InChI is InChI=1S/C13H20O2S/c1-8(2)16-13(10(4)14)11-7-9(3)5-6-12(11)15/h5-8,10,13-15H,1-4H3. The topological polar surface area (TPSA) is 40.5 Å². The molecule has 2 unspecified atom stereocenters. The molecule has 0 saturated heterocycles. The van der Waals surface area contributed by atoms with Crippen LogP contribution in [0, 0.1) is 6.92 Å². The fourth-order valence-electron chi connectivity index (χ4n) is 1.64. The average molecular weight is 240 g/mol. The Hall–Kier alpha value is -0.670. The summed E-state index contributed by atoms with van der Waals surface area (Å²) in [5, 5.41) is 20.0. The Morgan fingerprint density at radius 3 is 2.31 bits per heavy atom. The Bertz CT molecular complexity index is 348. The number of thioether (sulfide) groups is 1. The first-order valence-corrected chi connectivity index (χ1v) is 6.49. The third-order valence-electron chi connectivity index (χ3n) is 2.35. The van der Waals surface area contributed by atoms with E-state index in [0.717, 1.165) is 11.1 Å². The molecule has 0 saturated carbocycles. The Kier molecular flexibility index (Phi) is 4.69. The highest BCUT2D eigenvalue weighted by Gasteiger charge is 2.22. The maximum atomic E-state index is 9.84. The van der Waals surface area contributed by atoms with Gasteiger partial charge in [-0.15, -0.1) is 11.8 Å². The molecule has 0 aromatic heterocycles. The van der Waals surface area contributed by atoms with Gasteiger partial charge >= 0.3 is 0 Å². The van der Waals surface area contributed by atoms with Gasteiger partial charge in [-0.05, 0) is 25.2 Å². The molecule has 3 heteroatoms. The van der Waals surface area contributed by atoms with Gasteiger partial charge in [-0.25, -0.2) is 0 Å². The summed E-state index contributed by atoms with van der Waals surface area (Å²) >= 11 is 1.67. The van der Waals surface area contributed by atoms with Crippen molar-refractivity contribution in [1.29, 1.82) is 0 Å². The lowest BCUT2D eigenvalue weighted by atomic mass is 10.0. The first kappa shape index (κ1) is 13.4. The molecule has 1 aromatic carbocycles. The molecule has 0 aliphatic rings. The predicted octanol–water partition coefficient (Wildman–Crippen LogP) is 3.26. The number of phenolic OH excluding ortho intramolecular Hbond substituents is 1. The van der Waals surface area contributed by atoms with Crippen molar-refractivity contribution in [2.75, 3.05) is 0 Å². The van der Waals surface area contributed by atoms with E-state index >= 15 is 0 Å².